The van der Waals surface area contributed by atoms with Gasteiger partial charge in [0.2, 0.25) is 0 Å². The molecule has 3 aromatic rings. The number of ether oxygens (including phenoxy) is 1. The summed E-state index contributed by atoms with van der Waals surface area (Å²) >= 11 is 0. The van der Waals surface area contributed by atoms with Gasteiger partial charge in [0.1, 0.15) is 11.6 Å². The highest BCUT2D eigenvalue weighted by atomic mass is 16.6. The lowest BCUT2D eigenvalue weighted by atomic mass is 9.96. The summed E-state index contributed by atoms with van der Waals surface area (Å²) in [6.45, 7) is 6.67. The molecule has 7 heteroatoms. The minimum atomic E-state index is -0.563. The van der Waals surface area contributed by atoms with E-state index in [4.69, 9.17) is 4.74 Å². The second kappa shape index (κ2) is 7.47. The SMILES string of the molecule is CN1C(=O)C2c3c(n(Cc4ccc(C(=O)OC(C)(C)C)cc4)c4ccccc34)CCN2C1=O. The summed E-state index contributed by atoms with van der Waals surface area (Å²) < 4.78 is 7.69. The molecule has 1 unspecified atom stereocenters. The number of fused-ring (bicyclic) bond motifs is 5. The molecule has 0 bridgehead atoms. The average molecular weight is 446 g/mol. The Labute approximate surface area is 192 Å². The van der Waals surface area contributed by atoms with E-state index in [1.807, 2.05) is 51.1 Å². The zero-order valence-electron chi connectivity index (χ0n) is 19.3. The van der Waals surface area contributed by atoms with Crippen LogP contribution in [0.5, 0.6) is 0 Å². The van der Waals surface area contributed by atoms with Gasteiger partial charge in [-0.15, -0.1) is 0 Å². The highest BCUT2D eigenvalue weighted by Crippen LogP contribution is 2.42. The molecular weight excluding hydrogens is 418 g/mol. The number of benzene rings is 2. The summed E-state index contributed by atoms with van der Waals surface area (Å²) in [4.78, 5) is 40.7. The summed E-state index contributed by atoms with van der Waals surface area (Å²) in [5.41, 5.74) is 4.08. The van der Waals surface area contributed by atoms with Crippen LogP contribution in [-0.2, 0) is 22.5 Å². The van der Waals surface area contributed by atoms with Crippen LogP contribution in [0, 0.1) is 0 Å². The first-order valence-corrected chi connectivity index (χ1v) is 11.2. The van der Waals surface area contributed by atoms with Crippen molar-refractivity contribution in [1.82, 2.24) is 14.4 Å². The van der Waals surface area contributed by atoms with Crippen LogP contribution in [0.25, 0.3) is 10.9 Å². The number of imide groups is 1. The number of carbonyl (C=O) groups is 3. The number of hydrogen-bond donors (Lipinski definition) is 0. The number of likely N-dealkylation sites (N-methyl/N-ethyl adjacent to an activating group) is 1. The molecule has 5 rings (SSSR count). The summed E-state index contributed by atoms with van der Waals surface area (Å²) in [6, 6.07) is 14.7. The molecule has 0 aliphatic carbocycles. The van der Waals surface area contributed by atoms with E-state index < -0.39 is 11.6 Å². The Hall–Kier alpha value is -3.61. The van der Waals surface area contributed by atoms with Gasteiger partial charge < -0.3 is 14.2 Å². The van der Waals surface area contributed by atoms with Gasteiger partial charge in [-0.2, -0.15) is 0 Å². The maximum Gasteiger partial charge on any atom is 0.338 e. The van der Waals surface area contributed by atoms with Crippen molar-refractivity contribution in [2.75, 3.05) is 13.6 Å². The molecule has 2 aliphatic rings. The van der Waals surface area contributed by atoms with E-state index in [1.54, 1.807) is 24.1 Å². The first-order valence-electron chi connectivity index (χ1n) is 11.2. The number of amides is 3. The second-order valence-corrected chi connectivity index (χ2v) is 9.69. The fourth-order valence-corrected chi connectivity index (χ4v) is 4.85. The van der Waals surface area contributed by atoms with Crippen LogP contribution < -0.4 is 0 Å². The van der Waals surface area contributed by atoms with Gasteiger partial charge in [0.25, 0.3) is 5.91 Å². The molecule has 3 heterocycles. The standard InChI is InChI=1S/C26H27N3O4/c1-26(2,3)33-24(31)17-11-9-16(10-12-17)15-29-19-8-6-5-7-18(19)21-20(29)13-14-28-22(21)23(30)27(4)25(28)32/h5-12,22H,13-15H2,1-4H3. The molecule has 0 radical (unpaired) electrons. The van der Waals surface area contributed by atoms with Crippen molar-refractivity contribution < 1.29 is 19.1 Å². The van der Waals surface area contributed by atoms with Crippen LogP contribution in [-0.4, -0.2) is 51.5 Å². The lowest BCUT2D eigenvalue weighted by Gasteiger charge is -2.28. The van der Waals surface area contributed by atoms with E-state index in [0.717, 1.165) is 27.7 Å². The number of carbonyl (C=O) groups excluding carboxylic acids is 3. The molecule has 0 N–H and O–H groups in total. The molecule has 3 amide bonds. The Bertz CT molecular complexity index is 1280. The second-order valence-electron chi connectivity index (χ2n) is 9.69. The number of nitrogens with zero attached hydrogens (tertiary/aromatic N) is 3. The third kappa shape index (κ3) is 3.48. The van der Waals surface area contributed by atoms with Crippen molar-refractivity contribution in [3.8, 4) is 0 Å². The molecule has 1 saturated heterocycles. The van der Waals surface area contributed by atoms with Crippen LogP contribution in [0.4, 0.5) is 4.79 Å². The lowest BCUT2D eigenvalue weighted by molar-refractivity contribution is -0.127. The molecule has 1 atom stereocenters. The van der Waals surface area contributed by atoms with Crippen LogP contribution in [0.15, 0.2) is 48.5 Å². The average Bonchev–Trinajstić information content (AvgIpc) is 3.20. The van der Waals surface area contributed by atoms with Crippen molar-refractivity contribution >= 4 is 28.8 Å². The molecule has 33 heavy (non-hydrogen) atoms. The van der Waals surface area contributed by atoms with Crippen molar-refractivity contribution in [1.29, 1.82) is 0 Å². The predicted molar refractivity (Wildman–Crippen MR) is 124 cm³/mol. The molecule has 0 spiro atoms. The Kier molecular flexibility index (Phi) is 4.81. The molecule has 7 nitrogen and oxygen atoms in total. The number of rotatable bonds is 3. The van der Waals surface area contributed by atoms with Gasteiger partial charge in [-0.25, -0.2) is 9.59 Å². The minimum Gasteiger partial charge on any atom is -0.456 e. The van der Waals surface area contributed by atoms with E-state index in [-0.39, 0.29) is 17.9 Å². The maximum absolute atomic E-state index is 12.9. The first kappa shape index (κ1) is 21.2. The monoisotopic (exact) mass is 445 g/mol. The van der Waals surface area contributed by atoms with Gasteiger partial charge in [-0.05, 0) is 44.5 Å². The fraction of sp³-hybridized carbons (Fsp3) is 0.346. The van der Waals surface area contributed by atoms with Gasteiger partial charge >= 0.3 is 12.0 Å². The maximum atomic E-state index is 12.9. The third-order valence-electron chi connectivity index (χ3n) is 6.32. The fourth-order valence-electron chi connectivity index (χ4n) is 4.85. The minimum absolute atomic E-state index is 0.175. The number of para-hydroxylation sites is 1. The zero-order chi connectivity index (χ0) is 23.5. The Morgan fingerprint density at radius 2 is 1.76 bits per heavy atom. The highest BCUT2D eigenvalue weighted by molar-refractivity contribution is 6.07. The molecule has 2 aliphatic heterocycles. The molecule has 1 fully saturated rings. The van der Waals surface area contributed by atoms with E-state index in [2.05, 4.69) is 10.6 Å². The van der Waals surface area contributed by atoms with Gasteiger partial charge in [-0.1, -0.05) is 30.3 Å². The van der Waals surface area contributed by atoms with Gasteiger partial charge in [0.05, 0.1) is 5.56 Å². The van der Waals surface area contributed by atoms with E-state index >= 15 is 0 Å². The summed E-state index contributed by atoms with van der Waals surface area (Å²) in [5.74, 6) is -0.517. The van der Waals surface area contributed by atoms with Crippen LogP contribution in [0.1, 0.15) is 54.0 Å². The van der Waals surface area contributed by atoms with Crippen molar-refractivity contribution in [3.63, 3.8) is 0 Å². The summed E-state index contributed by atoms with van der Waals surface area (Å²) in [6.07, 6.45) is 0.684. The smallest absolute Gasteiger partial charge is 0.338 e. The van der Waals surface area contributed by atoms with E-state index in [0.29, 0.717) is 25.1 Å². The molecule has 0 saturated carbocycles. The van der Waals surface area contributed by atoms with E-state index in [9.17, 15) is 14.4 Å². The molecule has 170 valence electrons. The quantitative estimate of drug-likeness (QED) is 0.449. The molecule has 1 aromatic heterocycles. The normalized spacial score (nSPS) is 18.0. The van der Waals surface area contributed by atoms with E-state index in [1.165, 1.54) is 4.90 Å². The lowest BCUT2D eigenvalue weighted by Crippen LogP contribution is -2.36. The topological polar surface area (TPSA) is 71.9 Å². The van der Waals surface area contributed by atoms with Crippen molar-refractivity contribution in [3.05, 3.63) is 70.9 Å². The zero-order valence-corrected chi connectivity index (χ0v) is 19.3. The Balaban J connectivity index is 1.52. The van der Waals surface area contributed by atoms with Crippen molar-refractivity contribution in [2.24, 2.45) is 0 Å². The number of hydrogen-bond acceptors (Lipinski definition) is 4. The predicted octanol–water partition coefficient (Wildman–Crippen LogP) is 4.14. The number of urea groups is 1. The number of aromatic nitrogens is 1. The van der Waals surface area contributed by atoms with Crippen molar-refractivity contribution in [2.45, 2.75) is 45.4 Å². The summed E-state index contributed by atoms with van der Waals surface area (Å²) in [7, 11) is 1.55. The third-order valence-corrected chi connectivity index (χ3v) is 6.32. The molecule has 2 aromatic carbocycles. The first-order chi connectivity index (χ1) is 15.7. The Morgan fingerprint density at radius 1 is 1.06 bits per heavy atom. The summed E-state index contributed by atoms with van der Waals surface area (Å²) in [5, 5.41) is 1.00. The number of esters is 1. The molecular formula is C26H27N3O4. The largest absolute Gasteiger partial charge is 0.456 e. The van der Waals surface area contributed by atoms with Crippen LogP contribution in [0.2, 0.25) is 0 Å². The van der Waals surface area contributed by atoms with Crippen LogP contribution in [0.3, 0.4) is 0 Å². The highest BCUT2D eigenvalue weighted by Gasteiger charge is 2.48. The van der Waals surface area contributed by atoms with Gasteiger partial charge in [0.15, 0.2) is 0 Å². The van der Waals surface area contributed by atoms with Gasteiger partial charge in [-0.3, -0.25) is 9.69 Å². The van der Waals surface area contributed by atoms with Gasteiger partial charge in [0, 0.05) is 48.7 Å². The Morgan fingerprint density at radius 3 is 2.45 bits per heavy atom. The van der Waals surface area contributed by atoms with Crippen LogP contribution >= 0.6 is 0 Å².